The lowest BCUT2D eigenvalue weighted by atomic mass is 9.95. The number of amides is 1. The second-order valence-corrected chi connectivity index (χ2v) is 7.72. The summed E-state index contributed by atoms with van der Waals surface area (Å²) in [6, 6.07) is 11.6. The van der Waals surface area contributed by atoms with E-state index >= 15 is 0 Å². The van der Waals surface area contributed by atoms with Crippen LogP contribution >= 0.6 is 0 Å². The van der Waals surface area contributed by atoms with Gasteiger partial charge in [-0.25, -0.2) is 4.39 Å². The van der Waals surface area contributed by atoms with Crippen molar-refractivity contribution in [2.75, 3.05) is 33.8 Å². The second-order valence-electron chi connectivity index (χ2n) is 7.72. The molecule has 1 amide bonds. The minimum atomic E-state index is -0.768. The fourth-order valence-corrected chi connectivity index (χ4v) is 3.52. The zero-order valence-electron chi connectivity index (χ0n) is 18.0. The van der Waals surface area contributed by atoms with E-state index in [-0.39, 0.29) is 16.9 Å². The molecule has 31 heavy (non-hydrogen) atoms. The van der Waals surface area contributed by atoms with Gasteiger partial charge in [-0.3, -0.25) is 9.59 Å². The van der Waals surface area contributed by atoms with Crippen molar-refractivity contribution in [3.63, 3.8) is 0 Å². The number of halogens is 1. The number of likely N-dealkylation sites (tertiary alicyclic amines) is 1. The number of ketones is 1. The van der Waals surface area contributed by atoms with E-state index in [4.69, 9.17) is 4.74 Å². The van der Waals surface area contributed by atoms with Crippen LogP contribution in [0.5, 0.6) is 5.75 Å². The van der Waals surface area contributed by atoms with Gasteiger partial charge >= 0.3 is 0 Å². The first kappa shape index (κ1) is 22.5. The van der Waals surface area contributed by atoms with E-state index in [0.29, 0.717) is 31.0 Å². The quantitative estimate of drug-likeness (QED) is 0.397. The van der Waals surface area contributed by atoms with Crippen LogP contribution in [0.4, 0.5) is 4.39 Å². The molecule has 1 N–H and O–H groups in total. The molecule has 0 radical (unpaired) electrons. The normalized spacial score (nSPS) is 18.1. The van der Waals surface area contributed by atoms with Gasteiger partial charge in [0.15, 0.2) is 0 Å². The number of rotatable bonds is 8. The fourth-order valence-electron chi connectivity index (χ4n) is 3.52. The summed E-state index contributed by atoms with van der Waals surface area (Å²) in [5, 5.41) is 11.0. The van der Waals surface area contributed by atoms with Crippen LogP contribution in [0.25, 0.3) is 5.76 Å². The van der Waals surface area contributed by atoms with Gasteiger partial charge < -0.3 is 19.6 Å². The van der Waals surface area contributed by atoms with Crippen molar-refractivity contribution in [1.82, 2.24) is 9.80 Å². The van der Waals surface area contributed by atoms with E-state index in [1.807, 2.05) is 32.0 Å². The summed E-state index contributed by atoms with van der Waals surface area (Å²) in [4.78, 5) is 29.2. The molecule has 1 aliphatic rings. The van der Waals surface area contributed by atoms with Gasteiger partial charge in [-0.2, -0.15) is 0 Å². The van der Waals surface area contributed by atoms with Crippen LogP contribution in [0.15, 0.2) is 54.1 Å². The maximum absolute atomic E-state index is 13.3. The summed E-state index contributed by atoms with van der Waals surface area (Å²) < 4.78 is 19.1. The lowest BCUT2D eigenvalue weighted by molar-refractivity contribution is -0.140. The molecule has 0 spiro atoms. The Labute approximate surface area is 181 Å². The molecule has 164 valence electrons. The Morgan fingerprint density at radius 1 is 1.16 bits per heavy atom. The SMILES string of the molecule is CCCOc1cccc([C@@H]2/C(=C(\O)c3ccc(F)cc3)C(=O)C(=O)N2CCN(C)C)c1. The van der Waals surface area contributed by atoms with Crippen molar-refractivity contribution in [3.8, 4) is 5.75 Å². The lowest BCUT2D eigenvalue weighted by Crippen LogP contribution is -2.35. The number of likely N-dealkylation sites (N-methyl/N-ethyl adjacent to an activating group) is 1. The Balaban J connectivity index is 2.11. The number of benzene rings is 2. The first-order valence-electron chi connectivity index (χ1n) is 10.2. The van der Waals surface area contributed by atoms with Gasteiger partial charge in [-0.15, -0.1) is 0 Å². The Hall–Kier alpha value is -3.19. The maximum Gasteiger partial charge on any atom is 0.295 e. The first-order valence-corrected chi connectivity index (χ1v) is 10.2. The van der Waals surface area contributed by atoms with E-state index in [1.54, 1.807) is 18.2 Å². The molecular weight excluding hydrogens is 399 g/mol. The Morgan fingerprint density at radius 3 is 2.52 bits per heavy atom. The molecule has 0 saturated carbocycles. The van der Waals surface area contributed by atoms with Crippen LogP contribution in [0.3, 0.4) is 0 Å². The largest absolute Gasteiger partial charge is 0.507 e. The number of nitrogens with zero attached hydrogens (tertiary/aromatic N) is 2. The molecule has 0 aromatic heterocycles. The van der Waals surface area contributed by atoms with E-state index < -0.39 is 23.5 Å². The van der Waals surface area contributed by atoms with E-state index in [9.17, 15) is 19.1 Å². The minimum absolute atomic E-state index is 0.0111. The van der Waals surface area contributed by atoms with E-state index in [2.05, 4.69) is 0 Å². The summed E-state index contributed by atoms with van der Waals surface area (Å²) in [6.07, 6.45) is 0.843. The number of ether oxygens (including phenoxy) is 1. The molecule has 1 atom stereocenters. The molecule has 6 nitrogen and oxygen atoms in total. The summed E-state index contributed by atoms with van der Waals surface area (Å²) >= 11 is 0. The maximum atomic E-state index is 13.3. The number of aliphatic hydroxyl groups excluding tert-OH is 1. The topological polar surface area (TPSA) is 70.1 Å². The number of hydrogen-bond donors (Lipinski definition) is 1. The predicted molar refractivity (Wildman–Crippen MR) is 116 cm³/mol. The van der Waals surface area contributed by atoms with Crippen molar-refractivity contribution in [2.45, 2.75) is 19.4 Å². The summed E-state index contributed by atoms with van der Waals surface area (Å²) in [7, 11) is 3.76. The fraction of sp³-hybridized carbons (Fsp3) is 0.333. The highest BCUT2D eigenvalue weighted by Gasteiger charge is 2.46. The third kappa shape index (κ3) is 4.94. The van der Waals surface area contributed by atoms with Gasteiger partial charge in [-0.05, 0) is 62.5 Å². The summed E-state index contributed by atoms with van der Waals surface area (Å²) in [5.41, 5.74) is 0.925. The zero-order chi connectivity index (χ0) is 22.5. The molecule has 0 unspecified atom stereocenters. The van der Waals surface area contributed by atoms with Crippen LogP contribution in [-0.4, -0.2) is 60.4 Å². The monoisotopic (exact) mass is 426 g/mol. The highest BCUT2D eigenvalue weighted by molar-refractivity contribution is 6.46. The van der Waals surface area contributed by atoms with Gasteiger partial charge in [0.05, 0.1) is 18.2 Å². The molecule has 0 bridgehead atoms. The number of Topliss-reactive ketones (excluding diaryl/α,β-unsaturated/α-hetero) is 1. The highest BCUT2D eigenvalue weighted by atomic mass is 19.1. The van der Waals surface area contributed by atoms with Crippen LogP contribution in [0.2, 0.25) is 0 Å². The van der Waals surface area contributed by atoms with Crippen molar-refractivity contribution < 1.29 is 23.8 Å². The van der Waals surface area contributed by atoms with Gasteiger partial charge in [0, 0.05) is 18.7 Å². The molecular formula is C24H27FN2O4. The van der Waals surface area contributed by atoms with Crippen molar-refractivity contribution in [3.05, 3.63) is 71.0 Å². The van der Waals surface area contributed by atoms with Gasteiger partial charge in [-0.1, -0.05) is 19.1 Å². The van der Waals surface area contributed by atoms with E-state index in [1.165, 1.54) is 29.2 Å². The number of carbonyl (C=O) groups is 2. The smallest absolute Gasteiger partial charge is 0.295 e. The standard InChI is InChI=1S/C24H27FN2O4/c1-4-14-31-19-7-5-6-17(15-19)21-20(22(28)16-8-10-18(25)11-9-16)23(29)24(30)27(21)13-12-26(2)3/h5-11,15,21,28H,4,12-14H2,1-3H3/b22-20+/t21-/m1/s1. The molecule has 1 heterocycles. The number of aliphatic hydroxyl groups is 1. The average Bonchev–Trinajstić information content (AvgIpc) is 3.01. The van der Waals surface area contributed by atoms with Crippen LogP contribution in [-0.2, 0) is 9.59 Å². The molecule has 1 saturated heterocycles. The van der Waals surface area contributed by atoms with Crippen molar-refractivity contribution in [1.29, 1.82) is 0 Å². The molecule has 7 heteroatoms. The zero-order valence-corrected chi connectivity index (χ0v) is 18.0. The number of carbonyl (C=O) groups excluding carboxylic acids is 2. The summed E-state index contributed by atoms with van der Waals surface area (Å²) in [6.45, 7) is 3.40. The average molecular weight is 426 g/mol. The molecule has 3 rings (SSSR count). The third-order valence-corrected chi connectivity index (χ3v) is 5.09. The number of hydrogen-bond acceptors (Lipinski definition) is 5. The minimum Gasteiger partial charge on any atom is -0.507 e. The van der Waals surface area contributed by atoms with Crippen LogP contribution < -0.4 is 4.74 Å². The van der Waals surface area contributed by atoms with Crippen molar-refractivity contribution in [2.24, 2.45) is 0 Å². The Kier molecular flexibility index (Phi) is 7.07. The van der Waals surface area contributed by atoms with Gasteiger partial charge in [0.2, 0.25) is 0 Å². The third-order valence-electron chi connectivity index (χ3n) is 5.09. The molecule has 0 aliphatic carbocycles. The first-order chi connectivity index (χ1) is 14.8. The molecule has 1 fully saturated rings. The molecule has 2 aromatic carbocycles. The van der Waals surface area contributed by atoms with Gasteiger partial charge in [0.1, 0.15) is 17.3 Å². The second kappa shape index (κ2) is 9.75. The van der Waals surface area contributed by atoms with Crippen LogP contribution in [0, 0.1) is 5.82 Å². The van der Waals surface area contributed by atoms with Gasteiger partial charge in [0.25, 0.3) is 11.7 Å². The Bertz CT molecular complexity index is 985. The van der Waals surface area contributed by atoms with E-state index in [0.717, 1.165) is 6.42 Å². The predicted octanol–water partition coefficient (Wildman–Crippen LogP) is 3.60. The van der Waals surface area contributed by atoms with Crippen molar-refractivity contribution >= 4 is 17.4 Å². The lowest BCUT2D eigenvalue weighted by Gasteiger charge is -2.27. The summed E-state index contributed by atoms with van der Waals surface area (Å²) in [5.74, 6) is -1.59. The Morgan fingerprint density at radius 2 is 1.87 bits per heavy atom. The van der Waals surface area contributed by atoms with Crippen LogP contribution in [0.1, 0.15) is 30.5 Å². The highest BCUT2D eigenvalue weighted by Crippen LogP contribution is 2.40. The molecule has 2 aromatic rings. The molecule has 1 aliphatic heterocycles.